The normalized spacial score (nSPS) is 21.9. The van der Waals surface area contributed by atoms with E-state index in [9.17, 15) is 4.79 Å². The summed E-state index contributed by atoms with van der Waals surface area (Å²) in [7, 11) is 0. The molecule has 0 radical (unpaired) electrons. The molecule has 2 fully saturated rings. The van der Waals surface area contributed by atoms with Crippen LogP contribution in [0.15, 0.2) is 24.3 Å². The molecule has 1 aliphatic carbocycles. The van der Waals surface area contributed by atoms with E-state index in [0.29, 0.717) is 0 Å². The molecular weight excluding hydrogens is 262 g/mol. The van der Waals surface area contributed by atoms with Gasteiger partial charge in [0.1, 0.15) is 0 Å². The Morgan fingerprint density at radius 2 is 1.90 bits per heavy atom. The Morgan fingerprint density at radius 1 is 1.29 bits per heavy atom. The maximum atomic E-state index is 12.5. The SMILES string of the molecule is CC(C(=O)N1CCNCC1)c1ccc(CC2(N)CC2)cc1. The van der Waals surface area contributed by atoms with Crippen molar-refractivity contribution in [3.05, 3.63) is 35.4 Å². The smallest absolute Gasteiger partial charge is 0.229 e. The fourth-order valence-electron chi connectivity index (χ4n) is 2.97. The fourth-order valence-corrected chi connectivity index (χ4v) is 2.97. The van der Waals surface area contributed by atoms with Crippen LogP contribution in [0, 0.1) is 0 Å². The first-order valence-corrected chi connectivity index (χ1v) is 7.95. The summed E-state index contributed by atoms with van der Waals surface area (Å²) in [6.07, 6.45) is 3.21. The number of nitrogens with two attached hydrogens (primary N) is 1. The van der Waals surface area contributed by atoms with Gasteiger partial charge in [-0.05, 0) is 37.3 Å². The molecule has 2 aliphatic rings. The summed E-state index contributed by atoms with van der Waals surface area (Å²) in [5.41, 5.74) is 8.58. The molecule has 3 rings (SSSR count). The number of hydrogen-bond acceptors (Lipinski definition) is 3. The van der Waals surface area contributed by atoms with Crippen molar-refractivity contribution in [3.63, 3.8) is 0 Å². The van der Waals surface area contributed by atoms with E-state index in [1.54, 1.807) is 0 Å². The number of hydrogen-bond donors (Lipinski definition) is 2. The van der Waals surface area contributed by atoms with E-state index in [4.69, 9.17) is 5.73 Å². The van der Waals surface area contributed by atoms with Gasteiger partial charge in [-0.2, -0.15) is 0 Å². The van der Waals surface area contributed by atoms with Crippen molar-refractivity contribution >= 4 is 5.91 Å². The van der Waals surface area contributed by atoms with Gasteiger partial charge in [0.25, 0.3) is 0 Å². The quantitative estimate of drug-likeness (QED) is 0.876. The zero-order valence-corrected chi connectivity index (χ0v) is 12.8. The number of nitrogens with zero attached hydrogens (tertiary/aromatic N) is 1. The standard InChI is InChI=1S/C17H25N3O/c1-13(16(21)20-10-8-19-9-11-20)15-4-2-14(3-5-15)12-17(18)6-7-17/h2-5,13,19H,6-12,18H2,1H3. The average molecular weight is 287 g/mol. The first-order chi connectivity index (χ1) is 10.1. The third-order valence-electron chi connectivity index (χ3n) is 4.73. The van der Waals surface area contributed by atoms with E-state index in [0.717, 1.165) is 51.0 Å². The number of rotatable bonds is 4. The molecule has 114 valence electrons. The van der Waals surface area contributed by atoms with Crippen LogP contribution in [0.1, 0.15) is 36.8 Å². The summed E-state index contributed by atoms with van der Waals surface area (Å²) in [5, 5.41) is 3.28. The third kappa shape index (κ3) is 3.44. The Labute approximate surface area is 126 Å². The van der Waals surface area contributed by atoms with E-state index >= 15 is 0 Å². The zero-order chi connectivity index (χ0) is 14.9. The van der Waals surface area contributed by atoms with E-state index in [-0.39, 0.29) is 17.4 Å². The molecule has 1 saturated carbocycles. The fraction of sp³-hybridized carbons (Fsp3) is 0.588. The Bertz CT molecular complexity index is 501. The van der Waals surface area contributed by atoms with Crippen LogP contribution < -0.4 is 11.1 Å². The van der Waals surface area contributed by atoms with Crippen molar-refractivity contribution < 1.29 is 4.79 Å². The van der Waals surface area contributed by atoms with Crippen LogP contribution in [0.3, 0.4) is 0 Å². The summed E-state index contributed by atoms with van der Waals surface area (Å²) in [4.78, 5) is 14.5. The van der Waals surface area contributed by atoms with Gasteiger partial charge >= 0.3 is 0 Å². The van der Waals surface area contributed by atoms with Crippen molar-refractivity contribution in [1.29, 1.82) is 0 Å². The first kappa shape index (κ1) is 14.5. The highest BCUT2D eigenvalue weighted by Gasteiger charge is 2.37. The lowest BCUT2D eigenvalue weighted by molar-refractivity contribution is -0.133. The Hall–Kier alpha value is -1.39. The van der Waals surface area contributed by atoms with Gasteiger partial charge in [-0.15, -0.1) is 0 Å². The maximum absolute atomic E-state index is 12.5. The second-order valence-electron chi connectivity index (χ2n) is 6.58. The first-order valence-electron chi connectivity index (χ1n) is 7.95. The van der Waals surface area contributed by atoms with Crippen LogP contribution in [0.5, 0.6) is 0 Å². The Balaban J connectivity index is 1.63. The maximum Gasteiger partial charge on any atom is 0.229 e. The van der Waals surface area contributed by atoms with Gasteiger partial charge in [-0.1, -0.05) is 24.3 Å². The van der Waals surface area contributed by atoms with Crippen LogP contribution in [0.25, 0.3) is 0 Å². The minimum Gasteiger partial charge on any atom is -0.340 e. The predicted molar refractivity (Wildman–Crippen MR) is 84.2 cm³/mol. The highest BCUT2D eigenvalue weighted by molar-refractivity contribution is 5.83. The number of carbonyl (C=O) groups is 1. The number of piperazine rings is 1. The zero-order valence-electron chi connectivity index (χ0n) is 12.8. The number of amides is 1. The van der Waals surface area contributed by atoms with Gasteiger partial charge in [0.2, 0.25) is 5.91 Å². The molecule has 3 N–H and O–H groups in total. The van der Waals surface area contributed by atoms with E-state index in [1.165, 1.54) is 5.56 Å². The molecule has 1 amide bonds. The minimum atomic E-state index is -0.0649. The average Bonchev–Trinajstić information content (AvgIpc) is 3.24. The van der Waals surface area contributed by atoms with Crippen molar-refractivity contribution in [3.8, 4) is 0 Å². The van der Waals surface area contributed by atoms with E-state index in [2.05, 4.69) is 29.6 Å². The molecule has 4 heteroatoms. The lowest BCUT2D eigenvalue weighted by Crippen LogP contribution is -2.47. The molecule has 1 saturated heterocycles. The summed E-state index contributed by atoms with van der Waals surface area (Å²) in [6, 6.07) is 8.44. The van der Waals surface area contributed by atoms with Gasteiger partial charge < -0.3 is 16.0 Å². The number of carbonyl (C=O) groups excluding carboxylic acids is 1. The highest BCUT2D eigenvalue weighted by atomic mass is 16.2. The van der Waals surface area contributed by atoms with Crippen LogP contribution in [-0.4, -0.2) is 42.5 Å². The molecule has 0 aromatic heterocycles. The molecule has 4 nitrogen and oxygen atoms in total. The summed E-state index contributed by atoms with van der Waals surface area (Å²) in [5.74, 6) is 0.173. The molecule has 1 heterocycles. The second-order valence-corrected chi connectivity index (χ2v) is 6.58. The van der Waals surface area contributed by atoms with Crippen molar-refractivity contribution in [1.82, 2.24) is 10.2 Å². The molecular formula is C17H25N3O. The lowest BCUT2D eigenvalue weighted by Gasteiger charge is -2.30. The molecule has 1 aromatic rings. The third-order valence-corrected chi connectivity index (χ3v) is 4.73. The van der Waals surface area contributed by atoms with E-state index in [1.807, 2.05) is 11.8 Å². The van der Waals surface area contributed by atoms with Crippen molar-refractivity contribution in [2.75, 3.05) is 26.2 Å². The predicted octanol–water partition coefficient (Wildman–Crippen LogP) is 1.26. The Kier molecular flexibility index (Phi) is 4.00. The summed E-state index contributed by atoms with van der Waals surface area (Å²) < 4.78 is 0. The van der Waals surface area contributed by atoms with Crippen LogP contribution in [0.2, 0.25) is 0 Å². The van der Waals surface area contributed by atoms with Crippen molar-refractivity contribution in [2.24, 2.45) is 5.73 Å². The second kappa shape index (κ2) is 5.78. The van der Waals surface area contributed by atoms with Gasteiger partial charge in [0.15, 0.2) is 0 Å². The molecule has 21 heavy (non-hydrogen) atoms. The molecule has 1 unspecified atom stereocenters. The minimum absolute atomic E-state index is 0.0454. The van der Waals surface area contributed by atoms with Gasteiger partial charge in [-0.25, -0.2) is 0 Å². The lowest BCUT2D eigenvalue weighted by atomic mass is 9.96. The molecule has 1 aliphatic heterocycles. The van der Waals surface area contributed by atoms with Crippen molar-refractivity contribution in [2.45, 2.75) is 37.6 Å². The Morgan fingerprint density at radius 3 is 2.48 bits per heavy atom. The summed E-state index contributed by atoms with van der Waals surface area (Å²) >= 11 is 0. The topological polar surface area (TPSA) is 58.4 Å². The molecule has 1 aromatic carbocycles. The van der Waals surface area contributed by atoms with E-state index < -0.39 is 0 Å². The highest BCUT2D eigenvalue weighted by Crippen LogP contribution is 2.35. The van der Waals surface area contributed by atoms with Crippen LogP contribution in [0.4, 0.5) is 0 Å². The van der Waals surface area contributed by atoms with Gasteiger partial charge in [0.05, 0.1) is 5.92 Å². The number of nitrogens with one attached hydrogen (secondary N) is 1. The molecule has 0 spiro atoms. The van der Waals surface area contributed by atoms with Crippen LogP contribution in [-0.2, 0) is 11.2 Å². The van der Waals surface area contributed by atoms with Gasteiger partial charge in [0, 0.05) is 31.7 Å². The van der Waals surface area contributed by atoms with Crippen LogP contribution >= 0.6 is 0 Å². The molecule has 1 atom stereocenters. The summed E-state index contributed by atoms with van der Waals surface area (Å²) in [6.45, 7) is 5.44. The van der Waals surface area contributed by atoms with Gasteiger partial charge in [-0.3, -0.25) is 4.79 Å². The monoisotopic (exact) mass is 287 g/mol. The molecule has 0 bridgehead atoms. The number of benzene rings is 1. The largest absolute Gasteiger partial charge is 0.340 e.